The molecule has 2 heteroatoms. The SMILES string of the molecule is CCCC[NH2+]CCCOc1ccccc1[C@@H](C)CC. The summed E-state index contributed by atoms with van der Waals surface area (Å²) in [6.07, 6.45) is 4.89. The molecule has 0 unspecified atom stereocenters. The lowest BCUT2D eigenvalue weighted by Crippen LogP contribution is -2.84. The van der Waals surface area contributed by atoms with Crippen LogP contribution in [0.4, 0.5) is 0 Å². The standard InChI is InChI=1S/C17H29NO/c1-4-6-12-18-13-9-14-19-17-11-8-7-10-16(17)15(3)5-2/h7-8,10-11,15,18H,4-6,9,12-14H2,1-3H3/p+1/t15-/m0/s1. The van der Waals surface area contributed by atoms with E-state index in [1.165, 1.54) is 31.5 Å². The summed E-state index contributed by atoms with van der Waals surface area (Å²) in [5, 5.41) is 2.40. The van der Waals surface area contributed by atoms with Crippen LogP contribution < -0.4 is 10.1 Å². The Morgan fingerprint density at radius 2 is 1.84 bits per heavy atom. The molecule has 0 saturated heterocycles. The van der Waals surface area contributed by atoms with Gasteiger partial charge < -0.3 is 10.1 Å². The number of quaternary nitrogens is 1. The quantitative estimate of drug-likeness (QED) is 0.644. The van der Waals surface area contributed by atoms with Crippen LogP contribution in [0.3, 0.4) is 0 Å². The van der Waals surface area contributed by atoms with Crippen molar-refractivity contribution in [1.29, 1.82) is 0 Å². The summed E-state index contributed by atoms with van der Waals surface area (Å²) >= 11 is 0. The molecule has 0 aliphatic rings. The summed E-state index contributed by atoms with van der Waals surface area (Å²) in [5.41, 5.74) is 1.35. The number of nitrogens with two attached hydrogens (primary N) is 1. The van der Waals surface area contributed by atoms with Crippen LogP contribution in [0.2, 0.25) is 0 Å². The Morgan fingerprint density at radius 3 is 2.58 bits per heavy atom. The van der Waals surface area contributed by atoms with Gasteiger partial charge >= 0.3 is 0 Å². The number of ether oxygens (including phenoxy) is 1. The van der Waals surface area contributed by atoms with Crippen molar-refractivity contribution in [3.05, 3.63) is 29.8 Å². The molecule has 0 spiro atoms. The van der Waals surface area contributed by atoms with Gasteiger partial charge in [-0.3, -0.25) is 0 Å². The fraction of sp³-hybridized carbons (Fsp3) is 0.647. The van der Waals surface area contributed by atoms with Gasteiger partial charge in [-0.05, 0) is 30.4 Å². The van der Waals surface area contributed by atoms with Gasteiger partial charge in [-0.15, -0.1) is 0 Å². The highest BCUT2D eigenvalue weighted by molar-refractivity contribution is 5.35. The molecule has 0 amide bonds. The van der Waals surface area contributed by atoms with Crippen molar-refractivity contribution < 1.29 is 10.1 Å². The van der Waals surface area contributed by atoms with Crippen molar-refractivity contribution in [2.45, 2.75) is 52.4 Å². The summed E-state index contributed by atoms with van der Waals surface area (Å²) in [4.78, 5) is 0. The molecule has 0 bridgehead atoms. The van der Waals surface area contributed by atoms with E-state index in [1.807, 2.05) is 0 Å². The zero-order valence-corrected chi connectivity index (χ0v) is 12.8. The Labute approximate surface area is 118 Å². The summed E-state index contributed by atoms with van der Waals surface area (Å²) in [7, 11) is 0. The molecule has 2 N–H and O–H groups in total. The number of hydrogen-bond donors (Lipinski definition) is 1. The van der Waals surface area contributed by atoms with Crippen molar-refractivity contribution in [3.8, 4) is 5.75 Å². The molecule has 1 aromatic carbocycles. The van der Waals surface area contributed by atoms with Crippen LogP contribution in [0.15, 0.2) is 24.3 Å². The number of unbranched alkanes of at least 4 members (excludes halogenated alkanes) is 1. The number of benzene rings is 1. The number of rotatable bonds is 10. The van der Waals surface area contributed by atoms with Crippen LogP contribution in [0.1, 0.15) is 57.9 Å². The molecule has 108 valence electrons. The van der Waals surface area contributed by atoms with Crippen LogP contribution in [0, 0.1) is 0 Å². The van der Waals surface area contributed by atoms with Crippen LogP contribution in [0.25, 0.3) is 0 Å². The van der Waals surface area contributed by atoms with Gasteiger partial charge in [0.1, 0.15) is 5.75 Å². The maximum atomic E-state index is 5.95. The molecule has 0 aliphatic heterocycles. The first kappa shape index (κ1) is 16.0. The van der Waals surface area contributed by atoms with E-state index in [9.17, 15) is 0 Å². The van der Waals surface area contributed by atoms with Gasteiger partial charge in [-0.25, -0.2) is 0 Å². The van der Waals surface area contributed by atoms with E-state index in [4.69, 9.17) is 4.74 Å². The zero-order chi connectivity index (χ0) is 13.9. The van der Waals surface area contributed by atoms with Crippen LogP contribution in [0.5, 0.6) is 5.75 Å². The normalized spacial score (nSPS) is 12.4. The number of para-hydroxylation sites is 1. The highest BCUT2D eigenvalue weighted by atomic mass is 16.5. The van der Waals surface area contributed by atoms with E-state index in [0.717, 1.165) is 25.2 Å². The van der Waals surface area contributed by atoms with E-state index >= 15 is 0 Å². The molecule has 0 heterocycles. The van der Waals surface area contributed by atoms with E-state index < -0.39 is 0 Å². The van der Waals surface area contributed by atoms with E-state index in [2.05, 4.69) is 50.4 Å². The van der Waals surface area contributed by atoms with Crippen molar-refractivity contribution in [1.82, 2.24) is 0 Å². The maximum absolute atomic E-state index is 5.95. The lowest BCUT2D eigenvalue weighted by atomic mass is 9.98. The van der Waals surface area contributed by atoms with Crippen molar-refractivity contribution in [3.63, 3.8) is 0 Å². The average Bonchev–Trinajstić information content (AvgIpc) is 2.46. The first-order valence-electron chi connectivity index (χ1n) is 7.83. The Hall–Kier alpha value is -1.02. The van der Waals surface area contributed by atoms with Gasteiger partial charge in [0.15, 0.2) is 0 Å². The molecule has 19 heavy (non-hydrogen) atoms. The predicted octanol–water partition coefficient (Wildman–Crippen LogP) is 3.33. The predicted molar refractivity (Wildman–Crippen MR) is 81.8 cm³/mol. The summed E-state index contributed by atoms with van der Waals surface area (Å²) in [5.74, 6) is 1.65. The van der Waals surface area contributed by atoms with Gasteiger partial charge in [-0.2, -0.15) is 0 Å². The summed E-state index contributed by atoms with van der Waals surface area (Å²) in [6.45, 7) is 9.98. The molecular weight excluding hydrogens is 234 g/mol. The highest BCUT2D eigenvalue weighted by Crippen LogP contribution is 2.28. The summed E-state index contributed by atoms with van der Waals surface area (Å²) in [6, 6.07) is 8.46. The second kappa shape index (κ2) is 9.85. The average molecular weight is 264 g/mol. The van der Waals surface area contributed by atoms with E-state index in [1.54, 1.807) is 0 Å². The fourth-order valence-electron chi connectivity index (χ4n) is 2.14. The molecule has 0 radical (unpaired) electrons. The highest BCUT2D eigenvalue weighted by Gasteiger charge is 2.09. The molecule has 1 aromatic rings. The zero-order valence-electron chi connectivity index (χ0n) is 12.8. The molecule has 1 rings (SSSR count). The molecule has 0 aromatic heterocycles. The van der Waals surface area contributed by atoms with Crippen molar-refractivity contribution in [2.24, 2.45) is 0 Å². The van der Waals surface area contributed by atoms with E-state index in [0.29, 0.717) is 5.92 Å². The Balaban J connectivity index is 2.29. The lowest BCUT2D eigenvalue weighted by molar-refractivity contribution is -0.655. The lowest BCUT2D eigenvalue weighted by Gasteiger charge is -2.15. The molecule has 2 nitrogen and oxygen atoms in total. The van der Waals surface area contributed by atoms with Gasteiger partial charge in [0, 0.05) is 6.42 Å². The third-order valence-electron chi connectivity index (χ3n) is 3.63. The minimum atomic E-state index is 0.576. The molecule has 0 aliphatic carbocycles. The Kier molecular flexibility index (Phi) is 8.31. The monoisotopic (exact) mass is 264 g/mol. The van der Waals surface area contributed by atoms with Gasteiger partial charge in [0.05, 0.1) is 19.7 Å². The fourth-order valence-corrected chi connectivity index (χ4v) is 2.14. The Morgan fingerprint density at radius 1 is 1.11 bits per heavy atom. The van der Waals surface area contributed by atoms with Crippen molar-refractivity contribution >= 4 is 0 Å². The van der Waals surface area contributed by atoms with Gasteiger partial charge in [-0.1, -0.05) is 45.4 Å². The molecular formula is C17H30NO+. The third-order valence-corrected chi connectivity index (χ3v) is 3.63. The van der Waals surface area contributed by atoms with Crippen LogP contribution in [-0.4, -0.2) is 19.7 Å². The largest absolute Gasteiger partial charge is 0.493 e. The molecule has 1 atom stereocenters. The Bertz CT molecular complexity index is 338. The van der Waals surface area contributed by atoms with Gasteiger partial charge in [0.2, 0.25) is 0 Å². The second-order valence-electron chi connectivity index (χ2n) is 5.27. The minimum Gasteiger partial charge on any atom is -0.493 e. The van der Waals surface area contributed by atoms with Crippen molar-refractivity contribution in [2.75, 3.05) is 19.7 Å². The van der Waals surface area contributed by atoms with Crippen LogP contribution in [-0.2, 0) is 0 Å². The van der Waals surface area contributed by atoms with E-state index in [-0.39, 0.29) is 0 Å². The first-order valence-corrected chi connectivity index (χ1v) is 7.83. The third kappa shape index (κ3) is 6.11. The number of hydrogen-bond acceptors (Lipinski definition) is 1. The summed E-state index contributed by atoms with van der Waals surface area (Å²) < 4.78 is 5.95. The first-order chi connectivity index (χ1) is 9.29. The molecule has 0 saturated carbocycles. The topological polar surface area (TPSA) is 25.8 Å². The van der Waals surface area contributed by atoms with Crippen LogP contribution >= 0.6 is 0 Å². The maximum Gasteiger partial charge on any atom is 0.122 e. The van der Waals surface area contributed by atoms with Gasteiger partial charge in [0.25, 0.3) is 0 Å². The second-order valence-corrected chi connectivity index (χ2v) is 5.27. The smallest absolute Gasteiger partial charge is 0.122 e. The minimum absolute atomic E-state index is 0.576. The molecule has 0 fully saturated rings.